The van der Waals surface area contributed by atoms with Crippen LogP contribution >= 0.6 is 11.8 Å². The second-order valence-electron chi connectivity index (χ2n) is 5.53. The second kappa shape index (κ2) is 6.55. The summed E-state index contributed by atoms with van der Waals surface area (Å²) >= 11 is 1.63. The van der Waals surface area contributed by atoms with Gasteiger partial charge in [-0.3, -0.25) is 10.1 Å². The van der Waals surface area contributed by atoms with Gasteiger partial charge in [-0.25, -0.2) is 0 Å². The number of rotatable bonds is 5. The number of primary amides is 1. The second-order valence-corrected chi connectivity index (χ2v) is 6.87. The van der Waals surface area contributed by atoms with Crippen LogP contribution in [0.25, 0.3) is 0 Å². The van der Waals surface area contributed by atoms with Crippen LogP contribution in [0.2, 0.25) is 0 Å². The molecular weight excluding hydrogens is 292 g/mol. The molecule has 22 heavy (non-hydrogen) atoms. The molecule has 1 saturated heterocycles. The molecule has 1 heterocycles. The molecule has 3 N–H and O–H groups in total. The number of carbonyl (C=O) groups is 1. The first-order chi connectivity index (χ1) is 10.7. The Bertz CT molecular complexity index is 624. The molecular formula is C18H20N2OS. The molecule has 0 aliphatic carbocycles. The van der Waals surface area contributed by atoms with E-state index in [1.165, 1.54) is 5.56 Å². The van der Waals surface area contributed by atoms with Gasteiger partial charge in [-0.15, -0.1) is 11.8 Å². The highest BCUT2D eigenvalue weighted by atomic mass is 32.2. The summed E-state index contributed by atoms with van der Waals surface area (Å²) in [7, 11) is 0. The number of benzene rings is 2. The SMILES string of the molecule is NC(=O)C1(C(Cc2ccccc2)c2ccccc2)NCCS1. The van der Waals surface area contributed by atoms with Crippen LogP contribution in [0.1, 0.15) is 17.0 Å². The Labute approximate surface area is 135 Å². The van der Waals surface area contributed by atoms with Crippen molar-refractivity contribution in [3.63, 3.8) is 0 Å². The lowest BCUT2D eigenvalue weighted by Crippen LogP contribution is -2.54. The van der Waals surface area contributed by atoms with Gasteiger partial charge in [-0.2, -0.15) is 0 Å². The third-order valence-electron chi connectivity index (χ3n) is 4.16. The molecule has 1 amide bonds. The topological polar surface area (TPSA) is 55.1 Å². The zero-order chi connectivity index (χ0) is 15.4. The van der Waals surface area contributed by atoms with E-state index >= 15 is 0 Å². The molecule has 0 radical (unpaired) electrons. The first-order valence-electron chi connectivity index (χ1n) is 7.50. The lowest BCUT2D eigenvalue weighted by Gasteiger charge is -2.34. The Balaban J connectivity index is 2.01. The quantitative estimate of drug-likeness (QED) is 0.892. The van der Waals surface area contributed by atoms with Gasteiger partial charge in [0.05, 0.1) is 0 Å². The number of nitrogens with two attached hydrogens (primary N) is 1. The summed E-state index contributed by atoms with van der Waals surface area (Å²) in [6.45, 7) is 0.811. The minimum Gasteiger partial charge on any atom is -0.367 e. The molecule has 1 fully saturated rings. The predicted octanol–water partition coefficient (Wildman–Crippen LogP) is 2.53. The summed E-state index contributed by atoms with van der Waals surface area (Å²) in [5.41, 5.74) is 8.16. The third kappa shape index (κ3) is 2.89. The van der Waals surface area contributed by atoms with Gasteiger partial charge in [0.1, 0.15) is 0 Å². The first kappa shape index (κ1) is 15.1. The number of hydrogen-bond acceptors (Lipinski definition) is 3. The molecule has 4 heteroatoms. The van der Waals surface area contributed by atoms with Crippen molar-refractivity contribution in [3.8, 4) is 0 Å². The monoisotopic (exact) mass is 312 g/mol. The van der Waals surface area contributed by atoms with E-state index in [4.69, 9.17) is 5.73 Å². The Morgan fingerprint density at radius 1 is 1.14 bits per heavy atom. The minimum atomic E-state index is -0.725. The van der Waals surface area contributed by atoms with Crippen molar-refractivity contribution in [1.82, 2.24) is 5.32 Å². The van der Waals surface area contributed by atoms with Crippen molar-refractivity contribution < 1.29 is 4.79 Å². The molecule has 2 aromatic rings. The van der Waals surface area contributed by atoms with E-state index in [1.807, 2.05) is 36.4 Å². The maximum atomic E-state index is 12.3. The Morgan fingerprint density at radius 3 is 2.32 bits per heavy atom. The summed E-state index contributed by atoms with van der Waals surface area (Å²) in [4.78, 5) is 11.5. The van der Waals surface area contributed by atoms with Gasteiger partial charge in [0.2, 0.25) is 5.91 Å². The van der Waals surface area contributed by atoms with Crippen molar-refractivity contribution in [2.75, 3.05) is 12.3 Å². The van der Waals surface area contributed by atoms with Crippen LogP contribution in [0.3, 0.4) is 0 Å². The Hall–Kier alpha value is -1.78. The number of thioether (sulfide) groups is 1. The van der Waals surface area contributed by atoms with Crippen LogP contribution < -0.4 is 11.1 Å². The molecule has 0 bridgehead atoms. The van der Waals surface area contributed by atoms with Crippen LogP contribution in [0, 0.1) is 0 Å². The van der Waals surface area contributed by atoms with Crippen molar-refractivity contribution >= 4 is 17.7 Å². The van der Waals surface area contributed by atoms with E-state index in [0.717, 1.165) is 24.3 Å². The van der Waals surface area contributed by atoms with Crippen molar-refractivity contribution in [3.05, 3.63) is 71.8 Å². The molecule has 0 spiro atoms. The standard InChI is InChI=1S/C18H20N2OS/c19-17(21)18(20-11-12-22-18)16(15-9-5-2-6-10-15)13-14-7-3-1-4-8-14/h1-10,16,20H,11-13H2,(H2,19,21). The fourth-order valence-electron chi connectivity index (χ4n) is 3.08. The molecule has 1 aliphatic heterocycles. The highest BCUT2D eigenvalue weighted by molar-refractivity contribution is 8.01. The number of carbonyl (C=O) groups excluding carboxylic acids is 1. The normalized spacial score (nSPS) is 22.4. The zero-order valence-corrected chi connectivity index (χ0v) is 13.2. The van der Waals surface area contributed by atoms with E-state index in [1.54, 1.807) is 11.8 Å². The van der Waals surface area contributed by atoms with E-state index in [9.17, 15) is 4.79 Å². The third-order valence-corrected chi connectivity index (χ3v) is 5.65. The molecule has 3 nitrogen and oxygen atoms in total. The molecule has 114 valence electrons. The Morgan fingerprint density at radius 2 is 1.77 bits per heavy atom. The molecule has 2 aromatic carbocycles. The van der Waals surface area contributed by atoms with Gasteiger partial charge in [0.25, 0.3) is 0 Å². The fourth-order valence-corrected chi connectivity index (χ4v) is 4.38. The summed E-state index contributed by atoms with van der Waals surface area (Å²) in [5, 5.41) is 3.38. The Kier molecular flexibility index (Phi) is 4.50. The van der Waals surface area contributed by atoms with Crippen LogP contribution in [-0.4, -0.2) is 23.1 Å². The smallest absolute Gasteiger partial charge is 0.248 e. The van der Waals surface area contributed by atoms with E-state index < -0.39 is 4.87 Å². The van der Waals surface area contributed by atoms with Gasteiger partial charge in [-0.05, 0) is 17.5 Å². The van der Waals surface area contributed by atoms with Gasteiger partial charge in [0.15, 0.2) is 4.87 Å². The van der Waals surface area contributed by atoms with E-state index in [2.05, 4.69) is 29.6 Å². The molecule has 0 aromatic heterocycles. The van der Waals surface area contributed by atoms with Crippen LogP contribution in [0.4, 0.5) is 0 Å². The van der Waals surface area contributed by atoms with Gasteiger partial charge in [-0.1, -0.05) is 60.7 Å². The fraction of sp³-hybridized carbons (Fsp3) is 0.278. The summed E-state index contributed by atoms with van der Waals surface area (Å²) in [6, 6.07) is 20.5. The minimum absolute atomic E-state index is 0.0149. The highest BCUT2D eigenvalue weighted by Gasteiger charge is 2.47. The number of amides is 1. The molecule has 2 unspecified atom stereocenters. The van der Waals surface area contributed by atoms with Gasteiger partial charge in [0, 0.05) is 18.2 Å². The molecule has 2 atom stereocenters. The lowest BCUT2D eigenvalue weighted by molar-refractivity contribution is -0.121. The van der Waals surface area contributed by atoms with E-state index in [-0.39, 0.29) is 11.8 Å². The number of hydrogen-bond donors (Lipinski definition) is 2. The highest BCUT2D eigenvalue weighted by Crippen LogP contribution is 2.42. The van der Waals surface area contributed by atoms with Crippen LogP contribution in [0.5, 0.6) is 0 Å². The predicted molar refractivity (Wildman–Crippen MR) is 91.7 cm³/mol. The largest absolute Gasteiger partial charge is 0.367 e. The molecule has 1 aliphatic rings. The number of nitrogens with one attached hydrogen (secondary N) is 1. The van der Waals surface area contributed by atoms with Gasteiger partial charge < -0.3 is 5.73 Å². The van der Waals surface area contributed by atoms with Gasteiger partial charge >= 0.3 is 0 Å². The maximum absolute atomic E-state index is 12.3. The summed E-state index contributed by atoms with van der Waals surface area (Å²) < 4.78 is 0. The average molecular weight is 312 g/mol. The molecule has 3 rings (SSSR count). The molecule has 0 saturated carbocycles. The zero-order valence-electron chi connectivity index (χ0n) is 12.4. The van der Waals surface area contributed by atoms with Crippen LogP contribution in [0.15, 0.2) is 60.7 Å². The first-order valence-corrected chi connectivity index (χ1v) is 8.49. The van der Waals surface area contributed by atoms with Crippen molar-refractivity contribution in [1.29, 1.82) is 0 Å². The summed E-state index contributed by atoms with van der Waals surface area (Å²) in [6.07, 6.45) is 0.786. The average Bonchev–Trinajstić information content (AvgIpc) is 3.05. The van der Waals surface area contributed by atoms with E-state index in [0.29, 0.717) is 0 Å². The lowest BCUT2D eigenvalue weighted by atomic mass is 9.84. The van der Waals surface area contributed by atoms with Crippen molar-refractivity contribution in [2.45, 2.75) is 17.2 Å². The van der Waals surface area contributed by atoms with Crippen LogP contribution in [-0.2, 0) is 11.2 Å². The van der Waals surface area contributed by atoms with Crippen molar-refractivity contribution in [2.24, 2.45) is 5.73 Å². The maximum Gasteiger partial charge on any atom is 0.248 e. The summed E-state index contributed by atoms with van der Waals surface area (Å²) in [5.74, 6) is 0.641.